The average Bonchev–Trinajstić information content (AvgIpc) is 2.78. The lowest BCUT2D eigenvalue weighted by atomic mass is 9.96. The van der Waals surface area contributed by atoms with Crippen LogP contribution in [0.1, 0.15) is 68.7 Å². The molecule has 0 amide bonds. The molecule has 0 aromatic heterocycles. The summed E-state index contributed by atoms with van der Waals surface area (Å²) in [4.78, 5) is 0. The van der Waals surface area contributed by atoms with E-state index < -0.39 is 5.60 Å². The Morgan fingerprint density at radius 2 is 1.90 bits per heavy atom. The molecule has 0 radical (unpaired) electrons. The molecule has 20 heavy (non-hydrogen) atoms. The second kappa shape index (κ2) is 5.74. The number of hydrogen-bond acceptors (Lipinski definition) is 3. The molecule has 3 heteroatoms. The van der Waals surface area contributed by atoms with Crippen LogP contribution in [-0.2, 0) is 0 Å². The summed E-state index contributed by atoms with van der Waals surface area (Å²) < 4.78 is 0. The first-order chi connectivity index (χ1) is 9.41. The molecule has 0 saturated heterocycles. The number of rotatable bonds is 5. The van der Waals surface area contributed by atoms with Crippen molar-refractivity contribution in [2.24, 2.45) is 0 Å². The smallest absolute Gasteiger partial charge is 0.120 e. The van der Waals surface area contributed by atoms with E-state index >= 15 is 0 Å². The van der Waals surface area contributed by atoms with Crippen LogP contribution in [0.5, 0.6) is 5.75 Å². The Labute approximate surface area is 122 Å². The monoisotopic (exact) mass is 277 g/mol. The molecule has 1 aliphatic rings. The topological polar surface area (TPSA) is 52.5 Å². The largest absolute Gasteiger partial charge is 0.508 e. The molecule has 1 aromatic rings. The lowest BCUT2D eigenvalue weighted by molar-refractivity contribution is 0.0296. The summed E-state index contributed by atoms with van der Waals surface area (Å²) in [7, 11) is 0. The molecule has 1 aromatic carbocycles. The SMILES string of the molecule is CCC(O)(CC)CNC1CC(C)c2c(C)ccc(O)c21. The van der Waals surface area contributed by atoms with Gasteiger partial charge in [0.05, 0.1) is 5.60 Å². The molecule has 0 bridgehead atoms. The molecular formula is C17H27NO2. The number of aliphatic hydroxyl groups is 1. The number of benzene rings is 1. The standard InChI is InChI=1S/C17H27NO2/c1-5-17(20,6-2)10-18-13-9-12(4)15-11(3)7-8-14(19)16(13)15/h7-8,12-13,18-20H,5-6,9-10H2,1-4H3. The van der Waals surface area contributed by atoms with E-state index in [1.165, 1.54) is 11.1 Å². The zero-order valence-corrected chi connectivity index (χ0v) is 13.0. The van der Waals surface area contributed by atoms with Crippen molar-refractivity contribution in [1.82, 2.24) is 5.32 Å². The fraction of sp³-hybridized carbons (Fsp3) is 0.647. The Balaban J connectivity index is 2.20. The maximum Gasteiger partial charge on any atom is 0.120 e. The normalized spacial score (nSPS) is 22.1. The Morgan fingerprint density at radius 3 is 2.50 bits per heavy atom. The maximum absolute atomic E-state index is 10.4. The third-order valence-corrected chi connectivity index (χ3v) is 4.91. The molecule has 1 aliphatic carbocycles. The Bertz CT molecular complexity index is 480. The van der Waals surface area contributed by atoms with Crippen molar-refractivity contribution in [2.45, 2.75) is 64.5 Å². The van der Waals surface area contributed by atoms with E-state index in [4.69, 9.17) is 0 Å². The molecule has 2 unspecified atom stereocenters. The van der Waals surface area contributed by atoms with Gasteiger partial charge >= 0.3 is 0 Å². The fourth-order valence-corrected chi connectivity index (χ4v) is 3.34. The number of hydrogen-bond donors (Lipinski definition) is 3. The van der Waals surface area contributed by atoms with Crippen LogP contribution >= 0.6 is 0 Å². The molecule has 0 aliphatic heterocycles. The van der Waals surface area contributed by atoms with Gasteiger partial charge in [-0.15, -0.1) is 0 Å². The number of aromatic hydroxyl groups is 1. The van der Waals surface area contributed by atoms with Crippen LogP contribution in [0.25, 0.3) is 0 Å². The highest BCUT2D eigenvalue weighted by Crippen LogP contribution is 2.46. The zero-order chi connectivity index (χ0) is 14.9. The minimum Gasteiger partial charge on any atom is -0.508 e. The summed E-state index contributed by atoms with van der Waals surface area (Å²) in [5, 5.41) is 24.1. The van der Waals surface area contributed by atoms with E-state index in [2.05, 4.69) is 19.2 Å². The van der Waals surface area contributed by atoms with Crippen LogP contribution in [0.4, 0.5) is 0 Å². The minimum absolute atomic E-state index is 0.143. The van der Waals surface area contributed by atoms with Gasteiger partial charge in [0.1, 0.15) is 5.75 Å². The summed E-state index contributed by atoms with van der Waals surface area (Å²) >= 11 is 0. The van der Waals surface area contributed by atoms with E-state index in [0.29, 0.717) is 18.2 Å². The van der Waals surface area contributed by atoms with Crippen molar-refractivity contribution in [3.8, 4) is 5.75 Å². The summed E-state index contributed by atoms with van der Waals surface area (Å²) in [5.74, 6) is 0.829. The second-order valence-corrected chi connectivity index (χ2v) is 6.23. The van der Waals surface area contributed by atoms with Gasteiger partial charge in [0, 0.05) is 18.2 Å². The van der Waals surface area contributed by atoms with E-state index in [1.54, 1.807) is 6.07 Å². The number of aryl methyl sites for hydroxylation is 1. The molecule has 3 N–H and O–H groups in total. The third-order valence-electron chi connectivity index (χ3n) is 4.91. The van der Waals surface area contributed by atoms with Gasteiger partial charge in [-0.2, -0.15) is 0 Å². The van der Waals surface area contributed by atoms with Crippen LogP contribution < -0.4 is 5.32 Å². The molecule has 0 spiro atoms. The first-order valence-corrected chi connectivity index (χ1v) is 7.70. The lowest BCUT2D eigenvalue weighted by Gasteiger charge is -2.28. The first kappa shape index (κ1) is 15.3. The molecule has 2 rings (SSSR count). The lowest BCUT2D eigenvalue weighted by Crippen LogP contribution is -2.40. The van der Waals surface area contributed by atoms with E-state index in [-0.39, 0.29) is 6.04 Å². The molecule has 0 saturated carbocycles. The summed E-state index contributed by atoms with van der Waals surface area (Å²) in [6.07, 6.45) is 2.47. The molecule has 0 heterocycles. The van der Waals surface area contributed by atoms with Crippen molar-refractivity contribution in [2.75, 3.05) is 6.54 Å². The predicted molar refractivity (Wildman–Crippen MR) is 82.2 cm³/mol. The van der Waals surface area contributed by atoms with Crippen LogP contribution in [-0.4, -0.2) is 22.4 Å². The van der Waals surface area contributed by atoms with E-state index in [0.717, 1.165) is 24.8 Å². The summed E-state index contributed by atoms with van der Waals surface area (Å²) in [5.41, 5.74) is 2.91. The first-order valence-electron chi connectivity index (χ1n) is 7.70. The Hall–Kier alpha value is -1.06. The second-order valence-electron chi connectivity index (χ2n) is 6.23. The minimum atomic E-state index is -0.647. The quantitative estimate of drug-likeness (QED) is 0.773. The van der Waals surface area contributed by atoms with Crippen LogP contribution in [0.2, 0.25) is 0 Å². The maximum atomic E-state index is 10.4. The van der Waals surface area contributed by atoms with Gasteiger partial charge in [-0.1, -0.05) is 26.8 Å². The number of nitrogens with one attached hydrogen (secondary N) is 1. The van der Waals surface area contributed by atoms with Gasteiger partial charge in [-0.3, -0.25) is 0 Å². The molecular weight excluding hydrogens is 250 g/mol. The van der Waals surface area contributed by atoms with E-state index in [9.17, 15) is 10.2 Å². The highest BCUT2D eigenvalue weighted by molar-refractivity contribution is 5.50. The number of phenolic OH excluding ortho intramolecular Hbond substituents is 1. The van der Waals surface area contributed by atoms with Crippen LogP contribution in [0, 0.1) is 6.92 Å². The summed E-state index contributed by atoms with van der Waals surface area (Å²) in [6.45, 7) is 8.91. The predicted octanol–water partition coefficient (Wildman–Crippen LogP) is 3.39. The van der Waals surface area contributed by atoms with Crippen molar-refractivity contribution in [3.05, 3.63) is 28.8 Å². The molecule has 0 fully saturated rings. The van der Waals surface area contributed by atoms with Gasteiger partial charge in [-0.25, -0.2) is 0 Å². The fourth-order valence-electron chi connectivity index (χ4n) is 3.34. The Morgan fingerprint density at radius 1 is 1.25 bits per heavy atom. The third kappa shape index (κ3) is 2.70. The molecule has 112 valence electrons. The van der Waals surface area contributed by atoms with Gasteiger partial charge in [0.15, 0.2) is 0 Å². The average molecular weight is 277 g/mol. The van der Waals surface area contributed by atoms with Crippen LogP contribution in [0.3, 0.4) is 0 Å². The Kier molecular flexibility index (Phi) is 4.40. The van der Waals surface area contributed by atoms with Crippen LogP contribution in [0.15, 0.2) is 12.1 Å². The highest BCUT2D eigenvalue weighted by atomic mass is 16.3. The van der Waals surface area contributed by atoms with Crippen molar-refractivity contribution in [1.29, 1.82) is 0 Å². The van der Waals surface area contributed by atoms with Gasteiger partial charge in [0.25, 0.3) is 0 Å². The molecule has 3 nitrogen and oxygen atoms in total. The zero-order valence-electron chi connectivity index (χ0n) is 13.0. The van der Waals surface area contributed by atoms with Crippen molar-refractivity contribution in [3.63, 3.8) is 0 Å². The highest BCUT2D eigenvalue weighted by Gasteiger charge is 2.33. The van der Waals surface area contributed by atoms with E-state index in [1.807, 2.05) is 19.9 Å². The molecule has 2 atom stereocenters. The van der Waals surface area contributed by atoms with Gasteiger partial charge < -0.3 is 15.5 Å². The number of fused-ring (bicyclic) bond motifs is 1. The van der Waals surface area contributed by atoms with Crippen molar-refractivity contribution >= 4 is 0 Å². The van der Waals surface area contributed by atoms with Gasteiger partial charge in [0.2, 0.25) is 0 Å². The number of phenols is 1. The van der Waals surface area contributed by atoms with Crippen molar-refractivity contribution < 1.29 is 10.2 Å². The summed E-state index contributed by atoms with van der Waals surface area (Å²) in [6, 6.07) is 3.92. The van der Waals surface area contributed by atoms with Gasteiger partial charge in [-0.05, 0) is 49.3 Å².